The average Bonchev–Trinajstić information content (AvgIpc) is 2.44. The molecule has 1 unspecified atom stereocenters. The van der Waals surface area contributed by atoms with Gasteiger partial charge in [0, 0.05) is 0 Å². The number of rotatable bonds is 3. The summed E-state index contributed by atoms with van der Waals surface area (Å²) in [5.41, 5.74) is 2.16. The molecule has 0 bridgehead atoms. The van der Waals surface area contributed by atoms with E-state index < -0.39 is 0 Å². The summed E-state index contributed by atoms with van der Waals surface area (Å²) >= 11 is 18.3. The van der Waals surface area contributed by atoms with Gasteiger partial charge in [-0.3, -0.25) is 0 Å². The number of anilines is 1. The van der Waals surface area contributed by atoms with Crippen molar-refractivity contribution in [3.8, 4) is 6.07 Å². The van der Waals surface area contributed by atoms with Gasteiger partial charge in [0.2, 0.25) is 0 Å². The second kappa shape index (κ2) is 6.37. The SMILES string of the molecule is CC(Nc1ccc(C#N)cc1Cl)c1cccc(Cl)c1Cl. The molecular formula is C15H11Cl3N2. The van der Waals surface area contributed by atoms with E-state index in [1.807, 2.05) is 25.1 Å². The van der Waals surface area contributed by atoms with E-state index in [0.29, 0.717) is 20.6 Å². The zero-order valence-corrected chi connectivity index (χ0v) is 12.9. The van der Waals surface area contributed by atoms with Crippen molar-refractivity contribution in [3.05, 3.63) is 62.6 Å². The van der Waals surface area contributed by atoms with Crippen molar-refractivity contribution in [1.82, 2.24) is 0 Å². The number of hydrogen-bond acceptors (Lipinski definition) is 2. The molecule has 5 heteroatoms. The fourth-order valence-electron chi connectivity index (χ4n) is 1.87. The molecule has 0 aliphatic rings. The van der Waals surface area contributed by atoms with Crippen molar-refractivity contribution in [2.45, 2.75) is 13.0 Å². The minimum Gasteiger partial charge on any atom is -0.377 e. The van der Waals surface area contributed by atoms with E-state index in [1.165, 1.54) is 0 Å². The third-order valence-corrected chi connectivity index (χ3v) is 4.06. The summed E-state index contributed by atoms with van der Waals surface area (Å²) in [6.45, 7) is 1.96. The van der Waals surface area contributed by atoms with Gasteiger partial charge in [-0.1, -0.05) is 46.9 Å². The van der Waals surface area contributed by atoms with Crippen molar-refractivity contribution < 1.29 is 0 Å². The molecule has 2 aromatic rings. The van der Waals surface area contributed by atoms with Gasteiger partial charge in [-0.15, -0.1) is 0 Å². The molecule has 102 valence electrons. The Morgan fingerprint density at radius 1 is 1.10 bits per heavy atom. The molecule has 0 fully saturated rings. The lowest BCUT2D eigenvalue weighted by molar-refractivity contribution is 0.885. The lowest BCUT2D eigenvalue weighted by atomic mass is 10.1. The van der Waals surface area contributed by atoms with E-state index in [-0.39, 0.29) is 6.04 Å². The maximum Gasteiger partial charge on any atom is 0.0992 e. The molecule has 0 spiro atoms. The minimum atomic E-state index is -0.0633. The number of halogens is 3. The van der Waals surface area contributed by atoms with Gasteiger partial charge in [0.15, 0.2) is 0 Å². The second-order valence-corrected chi connectivity index (χ2v) is 5.51. The van der Waals surface area contributed by atoms with E-state index in [4.69, 9.17) is 40.1 Å². The van der Waals surface area contributed by atoms with Crippen molar-refractivity contribution in [1.29, 1.82) is 5.26 Å². The van der Waals surface area contributed by atoms with Crippen LogP contribution in [-0.4, -0.2) is 0 Å². The van der Waals surface area contributed by atoms with Gasteiger partial charge in [0.1, 0.15) is 0 Å². The van der Waals surface area contributed by atoms with Crippen molar-refractivity contribution >= 4 is 40.5 Å². The summed E-state index contributed by atoms with van der Waals surface area (Å²) in [7, 11) is 0. The van der Waals surface area contributed by atoms with Crippen LogP contribution in [0, 0.1) is 11.3 Å². The maximum absolute atomic E-state index is 8.82. The Morgan fingerprint density at radius 2 is 1.85 bits per heavy atom. The van der Waals surface area contributed by atoms with Crippen LogP contribution in [-0.2, 0) is 0 Å². The summed E-state index contributed by atoms with van der Waals surface area (Å²) < 4.78 is 0. The molecule has 0 radical (unpaired) electrons. The first-order chi connectivity index (χ1) is 9.52. The minimum absolute atomic E-state index is 0.0633. The first kappa shape index (κ1) is 15.0. The molecule has 1 atom stereocenters. The molecule has 2 rings (SSSR count). The Morgan fingerprint density at radius 3 is 2.50 bits per heavy atom. The summed E-state index contributed by atoms with van der Waals surface area (Å²) in [5, 5.41) is 13.6. The zero-order chi connectivity index (χ0) is 14.7. The quantitative estimate of drug-likeness (QED) is 0.786. The lowest BCUT2D eigenvalue weighted by Crippen LogP contribution is -2.07. The third kappa shape index (κ3) is 3.19. The van der Waals surface area contributed by atoms with Crippen LogP contribution in [0.25, 0.3) is 0 Å². The lowest BCUT2D eigenvalue weighted by Gasteiger charge is -2.18. The van der Waals surface area contributed by atoms with Crippen LogP contribution in [0.4, 0.5) is 5.69 Å². The molecule has 0 heterocycles. The number of nitrogens with zero attached hydrogens (tertiary/aromatic N) is 1. The van der Waals surface area contributed by atoms with E-state index in [0.717, 1.165) is 11.3 Å². The highest BCUT2D eigenvalue weighted by Crippen LogP contribution is 2.33. The van der Waals surface area contributed by atoms with Gasteiger partial charge in [0.05, 0.1) is 38.4 Å². The average molecular weight is 326 g/mol. The Balaban J connectivity index is 2.26. The molecule has 0 saturated heterocycles. The number of nitriles is 1. The number of benzene rings is 2. The first-order valence-corrected chi connectivity index (χ1v) is 7.06. The Kier molecular flexibility index (Phi) is 4.77. The van der Waals surface area contributed by atoms with Crippen LogP contribution in [0.2, 0.25) is 15.1 Å². The molecule has 1 N–H and O–H groups in total. The van der Waals surface area contributed by atoms with Gasteiger partial charge in [-0.05, 0) is 36.8 Å². The third-order valence-electron chi connectivity index (χ3n) is 2.92. The predicted octanol–water partition coefficient (Wildman–Crippen LogP) is 5.69. The van der Waals surface area contributed by atoms with Crippen molar-refractivity contribution in [2.24, 2.45) is 0 Å². The largest absolute Gasteiger partial charge is 0.377 e. The van der Waals surface area contributed by atoms with Crippen molar-refractivity contribution in [3.63, 3.8) is 0 Å². The smallest absolute Gasteiger partial charge is 0.0992 e. The highest BCUT2D eigenvalue weighted by molar-refractivity contribution is 6.42. The summed E-state index contributed by atoms with van der Waals surface area (Å²) in [6.07, 6.45) is 0. The van der Waals surface area contributed by atoms with E-state index in [1.54, 1.807) is 24.3 Å². The molecule has 20 heavy (non-hydrogen) atoms. The second-order valence-electron chi connectivity index (χ2n) is 4.32. The number of nitrogens with one attached hydrogen (secondary N) is 1. The molecule has 2 aromatic carbocycles. The van der Waals surface area contributed by atoms with Crippen LogP contribution in [0.5, 0.6) is 0 Å². The van der Waals surface area contributed by atoms with E-state index >= 15 is 0 Å². The highest BCUT2D eigenvalue weighted by Gasteiger charge is 2.13. The zero-order valence-electron chi connectivity index (χ0n) is 10.6. The Bertz CT molecular complexity index is 677. The Labute approximate surface area is 132 Å². The van der Waals surface area contributed by atoms with Crippen molar-refractivity contribution in [2.75, 3.05) is 5.32 Å². The predicted molar refractivity (Wildman–Crippen MR) is 84.7 cm³/mol. The van der Waals surface area contributed by atoms with Gasteiger partial charge < -0.3 is 5.32 Å². The van der Waals surface area contributed by atoms with E-state index in [9.17, 15) is 0 Å². The Hall–Kier alpha value is -1.40. The van der Waals surface area contributed by atoms with Crippen LogP contribution in [0.15, 0.2) is 36.4 Å². The standard InChI is InChI=1S/C15H11Cl3N2/c1-9(11-3-2-4-12(16)15(11)18)20-14-6-5-10(8-19)7-13(14)17/h2-7,9,20H,1H3. The maximum atomic E-state index is 8.82. The molecule has 0 saturated carbocycles. The molecule has 0 aromatic heterocycles. The van der Waals surface area contributed by atoms with Gasteiger partial charge in [0.25, 0.3) is 0 Å². The van der Waals surface area contributed by atoms with Crippen LogP contribution < -0.4 is 5.32 Å². The highest BCUT2D eigenvalue weighted by atomic mass is 35.5. The fraction of sp³-hybridized carbons (Fsp3) is 0.133. The van der Waals surface area contributed by atoms with Gasteiger partial charge in [-0.2, -0.15) is 5.26 Å². The van der Waals surface area contributed by atoms with Gasteiger partial charge in [-0.25, -0.2) is 0 Å². The molecular weight excluding hydrogens is 315 g/mol. The first-order valence-electron chi connectivity index (χ1n) is 5.93. The monoisotopic (exact) mass is 324 g/mol. The van der Waals surface area contributed by atoms with Gasteiger partial charge >= 0.3 is 0 Å². The van der Waals surface area contributed by atoms with Crippen LogP contribution >= 0.6 is 34.8 Å². The summed E-state index contributed by atoms with van der Waals surface area (Å²) in [4.78, 5) is 0. The van der Waals surface area contributed by atoms with Crippen LogP contribution in [0.3, 0.4) is 0 Å². The molecule has 0 amide bonds. The fourth-order valence-corrected chi connectivity index (χ4v) is 2.57. The van der Waals surface area contributed by atoms with E-state index in [2.05, 4.69) is 5.32 Å². The number of hydrogen-bond donors (Lipinski definition) is 1. The normalized spacial score (nSPS) is 11.8. The van der Waals surface area contributed by atoms with Crippen LogP contribution in [0.1, 0.15) is 24.1 Å². The molecule has 0 aliphatic heterocycles. The molecule has 0 aliphatic carbocycles. The summed E-state index contributed by atoms with van der Waals surface area (Å²) in [6, 6.07) is 12.6. The summed E-state index contributed by atoms with van der Waals surface area (Å²) in [5.74, 6) is 0. The topological polar surface area (TPSA) is 35.8 Å². The molecule has 2 nitrogen and oxygen atoms in total.